The third-order valence-corrected chi connectivity index (χ3v) is 4.31. The zero-order chi connectivity index (χ0) is 12.2. The molecule has 1 aromatic carbocycles. The molecule has 0 saturated heterocycles. The summed E-state index contributed by atoms with van der Waals surface area (Å²) in [5.74, 6) is 0. The number of benzene rings is 1. The van der Waals surface area contributed by atoms with Crippen LogP contribution in [0.5, 0.6) is 0 Å². The molecule has 1 aromatic heterocycles. The van der Waals surface area contributed by atoms with E-state index in [9.17, 15) is 0 Å². The van der Waals surface area contributed by atoms with Crippen LogP contribution in [0.25, 0.3) is 10.9 Å². The van der Waals surface area contributed by atoms with Crippen LogP contribution in [0.3, 0.4) is 0 Å². The molecule has 0 radical (unpaired) electrons. The minimum absolute atomic E-state index is 0.202. The standard InChI is InChI=1S/C14H17BrN2/c1-14(2)8-16-7-12-13(14)10-6-9(15)4-5-11(10)17(12)3/h4-6,16H,7-8H2,1-3H3. The fourth-order valence-electron chi connectivity index (χ4n) is 3.01. The maximum absolute atomic E-state index is 3.58. The summed E-state index contributed by atoms with van der Waals surface area (Å²) < 4.78 is 3.48. The van der Waals surface area contributed by atoms with E-state index in [1.54, 1.807) is 0 Å². The first-order valence-corrected chi connectivity index (χ1v) is 6.78. The van der Waals surface area contributed by atoms with Gasteiger partial charge in [-0.25, -0.2) is 0 Å². The van der Waals surface area contributed by atoms with E-state index in [2.05, 4.69) is 64.9 Å². The van der Waals surface area contributed by atoms with Crippen molar-refractivity contribution in [2.75, 3.05) is 6.54 Å². The van der Waals surface area contributed by atoms with E-state index < -0.39 is 0 Å². The number of halogens is 1. The topological polar surface area (TPSA) is 17.0 Å². The Morgan fingerprint density at radius 2 is 2.12 bits per heavy atom. The second-order valence-corrected chi connectivity index (χ2v) is 6.45. The van der Waals surface area contributed by atoms with Gasteiger partial charge in [0.05, 0.1) is 0 Å². The molecule has 0 aliphatic carbocycles. The predicted octanol–water partition coefficient (Wildman–Crippen LogP) is 3.32. The summed E-state index contributed by atoms with van der Waals surface area (Å²) in [6, 6.07) is 6.57. The zero-order valence-electron chi connectivity index (χ0n) is 10.5. The first kappa shape index (κ1) is 11.3. The van der Waals surface area contributed by atoms with E-state index in [0.29, 0.717) is 0 Å². The van der Waals surface area contributed by atoms with E-state index in [4.69, 9.17) is 0 Å². The van der Waals surface area contributed by atoms with Gasteiger partial charge < -0.3 is 9.88 Å². The maximum atomic E-state index is 3.58. The van der Waals surface area contributed by atoms with Gasteiger partial charge in [0.2, 0.25) is 0 Å². The van der Waals surface area contributed by atoms with Crippen LogP contribution in [0.1, 0.15) is 25.1 Å². The summed E-state index contributed by atoms with van der Waals surface area (Å²) in [6.45, 7) is 6.66. The zero-order valence-corrected chi connectivity index (χ0v) is 12.1. The Balaban J connectivity index is 2.44. The highest BCUT2D eigenvalue weighted by Gasteiger charge is 2.32. The molecule has 2 nitrogen and oxygen atoms in total. The lowest BCUT2D eigenvalue weighted by Gasteiger charge is -2.31. The third-order valence-electron chi connectivity index (χ3n) is 3.82. The van der Waals surface area contributed by atoms with Gasteiger partial charge in [0.25, 0.3) is 0 Å². The molecule has 3 heteroatoms. The molecular weight excluding hydrogens is 276 g/mol. The molecule has 90 valence electrons. The molecule has 1 aliphatic heterocycles. The maximum Gasteiger partial charge on any atom is 0.0484 e. The van der Waals surface area contributed by atoms with E-state index in [1.165, 1.54) is 22.2 Å². The Morgan fingerprint density at radius 3 is 2.88 bits per heavy atom. The Bertz CT molecular complexity index is 596. The van der Waals surface area contributed by atoms with Gasteiger partial charge in [-0.15, -0.1) is 0 Å². The van der Waals surface area contributed by atoms with Crippen LogP contribution >= 0.6 is 15.9 Å². The largest absolute Gasteiger partial charge is 0.346 e. The summed E-state index contributed by atoms with van der Waals surface area (Å²) in [5.41, 5.74) is 4.47. The van der Waals surface area contributed by atoms with E-state index in [0.717, 1.165) is 17.6 Å². The van der Waals surface area contributed by atoms with Crippen molar-refractivity contribution in [1.82, 2.24) is 9.88 Å². The number of fused-ring (bicyclic) bond motifs is 3. The Labute approximate surface area is 110 Å². The van der Waals surface area contributed by atoms with Crippen molar-refractivity contribution >= 4 is 26.8 Å². The molecule has 2 heterocycles. The fourth-order valence-corrected chi connectivity index (χ4v) is 3.37. The minimum atomic E-state index is 0.202. The lowest BCUT2D eigenvalue weighted by Crippen LogP contribution is -2.38. The van der Waals surface area contributed by atoms with Gasteiger partial charge >= 0.3 is 0 Å². The SMILES string of the molecule is Cn1c2c(c3cc(Br)ccc31)C(C)(C)CNC2. The van der Waals surface area contributed by atoms with E-state index in [1.807, 2.05) is 0 Å². The number of hydrogen-bond donors (Lipinski definition) is 1. The molecule has 0 amide bonds. The average Bonchev–Trinajstić information content (AvgIpc) is 2.53. The summed E-state index contributed by atoms with van der Waals surface area (Å²) in [5, 5.41) is 4.91. The van der Waals surface area contributed by atoms with Crippen molar-refractivity contribution in [3.63, 3.8) is 0 Å². The smallest absolute Gasteiger partial charge is 0.0484 e. The molecule has 0 saturated carbocycles. The Hall–Kier alpha value is -0.800. The van der Waals surface area contributed by atoms with Crippen LogP contribution in [-0.4, -0.2) is 11.1 Å². The highest BCUT2D eigenvalue weighted by Crippen LogP contribution is 2.38. The number of rotatable bonds is 0. The van der Waals surface area contributed by atoms with Gasteiger partial charge in [0.1, 0.15) is 0 Å². The van der Waals surface area contributed by atoms with E-state index >= 15 is 0 Å². The Kier molecular flexibility index (Phi) is 2.39. The minimum Gasteiger partial charge on any atom is -0.346 e. The lowest BCUT2D eigenvalue weighted by molar-refractivity contribution is 0.429. The molecule has 1 N–H and O–H groups in total. The molecule has 0 bridgehead atoms. The molecule has 0 spiro atoms. The molecule has 17 heavy (non-hydrogen) atoms. The quantitative estimate of drug-likeness (QED) is 0.788. The van der Waals surface area contributed by atoms with E-state index in [-0.39, 0.29) is 5.41 Å². The molecule has 0 fully saturated rings. The van der Waals surface area contributed by atoms with Crippen LogP contribution in [0.4, 0.5) is 0 Å². The molecular formula is C14H17BrN2. The number of nitrogens with one attached hydrogen (secondary N) is 1. The number of hydrogen-bond acceptors (Lipinski definition) is 1. The first-order chi connectivity index (χ1) is 8.00. The monoisotopic (exact) mass is 292 g/mol. The Morgan fingerprint density at radius 1 is 1.35 bits per heavy atom. The second-order valence-electron chi connectivity index (χ2n) is 5.53. The summed E-state index contributed by atoms with van der Waals surface area (Å²) in [6.07, 6.45) is 0. The van der Waals surface area contributed by atoms with Crippen molar-refractivity contribution in [3.05, 3.63) is 33.9 Å². The number of aromatic nitrogens is 1. The van der Waals surface area contributed by atoms with Gasteiger partial charge in [0, 0.05) is 46.6 Å². The van der Waals surface area contributed by atoms with Crippen molar-refractivity contribution in [1.29, 1.82) is 0 Å². The number of nitrogens with zero attached hydrogens (tertiary/aromatic N) is 1. The second kappa shape index (κ2) is 3.59. The van der Waals surface area contributed by atoms with Gasteiger partial charge in [-0.2, -0.15) is 0 Å². The molecule has 3 rings (SSSR count). The van der Waals surface area contributed by atoms with Crippen LogP contribution in [0.2, 0.25) is 0 Å². The van der Waals surface area contributed by atoms with Crippen molar-refractivity contribution in [3.8, 4) is 0 Å². The fraction of sp³-hybridized carbons (Fsp3) is 0.429. The normalized spacial score (nSPS) is 18.4. The molecule has 2 aromatic rings. The van der Waals surface area contributed by atoms with Gasteiger partial charge in [-0.1, -0.05) is 29.8 Å². The third kappa shape index (κ3) is 1.56. The molecule has 0 unspecified atom stereocenters. The van der Waals surface area contributed by atoms with Crippen molar-refractivity contribution in [2.24, 2.45) is 7.05 Å². The summed E-state index contributed by atoms with van der Waals surface area (Å²) in [7, 11) is 2.16. The van der Waals surface area contributed by atoms with Crippen molar-refractivity contribution in [2.45, 2.75) is 25.8 Å². The van der Waals surface area contributed by atoms with Crippen LogP contribution in [-0.2, 0) is 19.0 Å². The molecule has 0 atom stereocenters. The van der Waals surface area contributed by atoms with Crippen molar-refractivity contribution < 1.29 is 0 Å². The highest BCUT2D eigenvalue weighted by molar-refractivity contribution is 9.10. The van der Waals surface area contributed by atoms with Crippen LogP contribution in [0.15, 0.2) is 22.7 Å². The summed E-state index contributed by atoms with van der Waals surface area (Å²) in [4.78, 5) is 0. The lowest BCUT2D eigenvalue weighted by atomic mass is 9.80. The first-order valence-electron chi connectivity index (χ1n) is 5.99. The van der Waals surface area contributed by atoms with Crippen LogP contribution in [0, 0.1) is 0 Å². The van der Waals surface area contributed by atoms with Gasteiger partial charge in [-0.05, 0) is 23.8 Å². The van der Waals surface area contributed by atoms with Gasteiger partial charge in [-0.3, -0.25) is 0 Å². The summed E-state index contributed by atoms with van der Waals surface area (Å²) >= 11 is 3.58. The predicted molar refractivity (Wildman–Crippen MR) is 75.4 cm³/mol. The molecule has 1 aliphatic rings. The average molecular weight is 293 g/mol. The van der Waals surface area contributed by atoms with Crippen LogP contribution < -0.4 is 5.32 Å². The van der Waals surface area contributed by atoms with Gasteiger partial charge in [0.15, 0.2) is 0 Å². The highest BCUT2D eigenvalue weighted by atomic mass is 79.9. The number of aryl methyl sites for hydroxylation is 1.